The number of hydrogen-bond donors (Lipinski definition) is 2. The van der Waals surface area contributed by atoms with Gasteiger partial charge in [-0.1, -0.05) is 0 Å². The van der Waals surface area contributed by atoms with Crippen molar-refractivity contribution in [1.29, 1.82) is 0 Å². The van der Waals surface area contributed by atoms with Crippen molar-refractivity contribution in [2.45, 2.75) is 108 Å². The minimum absolute atomic E-state index is 0.434. The first-order valence-corrected chi connectivity index (χ1v) is 14.8. The predicted octanol–water partition coefficient (Wildman–Crippen LogP) is -1.20. The molecule has 2 heterocycles. The standard InChI is InChI=1S/C27H40N2O15S/c1-11(30)28-20-23(41-16(6)35)22(40-15(5)34)18(9-38-13(3)32)44-27(20)45-25-19(10-39-14(4)33)43-26(37)21(29(8)12(2)31)24(25)42-17(7)36/h18-27,37H,9-10H2,1-8H3,(H,28,30)/t18-,19-,20-,21-,22-,23-,24-,25-,26-,27+/m1/s1. The van der Waals surface area contributed by atoms with Gasteiger partial charge in [-0.2, -0.15) is 0 Å². The molecule has 2 N–H and O–H groups in total. The molecule has 0 radical (unpaired) electrons. The fourth-order valence-electron chi connectivity index (χ4n) is 4.92. The second-order valence-electron chi connectivity index (χ2n) is 10.4. The molecule has 0 aliphatic carbocycles. The topological polar surface area (TPSA) is 220 Å². The lowest BCUT2D eigenvalue weighted by Gasteiger charge is -2.50. The summed E-state index contributed by atoms with van der Waals surface area (Å²) >= 11 is 0.874. The first-order chi connectivity index (χ1) is 20.9. The normalized spacial score (nSPS) is 31.0. The van der Waals surface area contributed by atoms with Crippen LogP contribution in [0.4, 0.5) is 0 Å². The van der Waals surface area contributed by atoms with E-state index in [0.29, 0.717) is 0 Å². The van der Waals surface area contributed by atoms with E-state index in [-0.39, 0.29) is 0 Å². The fraction of sp³-hybridized carbons (Fsp3) is 0.741. The predicted molar refractivity (Wildman–Crippen MR) is 151 cm³/mol. The van der Waals surface area contributed by atoms with Crippen LogP contribution in [0.2, 0.25) is 0 Å². The van der Waals surface area contributed by atoms with Crippen molar-refractivity contribution in [2.24, 2.45) is 0 Å². The van der Waals surface area contributed by atoms with Gasteiger partial charge >= 0.3 is 29.8 Å². The molecule has 10 atom stereocenters. The summed E-state index contributed by atoms with van der Waals surface area (Å²) in [5.74, 6) is -4.86. The Balaban J connectivity index is 2.70. The second-order valence-corrected chi connectivity index (χ2v) is 11.7. The summed E-state index contributed by atoms with van der Waals surface area (Å²) in [4.78, 5) is 85.9. The lowest BCUT2D eigenvalue weighted by atomic mass is 9.97. The Morgan fingerprint density at radius 3 is 1.67 bits per heavy atom. The smallest absolute Gasteiger partial charge is 0.303 e. The van der Waals surface area contributed by atoms with Crippen molar-refractivity contribution in [3.05, 3.63) is 0 Å². The third-order valence-electron chi connectivity index (χ3n) is 6.69. The molecule has 45 heavy (non-hydrogen) atoms. The average Bonchev–Trinajstić information content (AvgIpc) is 2.89. The van der Waals surface area contributed by atoms with Gasteiger partial charge in [0.2, 0.25) is 11.8 Å². The molecular weight excluding hydrogens is 624 g/mol. The number of nitrogens with one attached hydrogen (secondary N) is 1. The first-order valence-electron chi connectivity index (χ1n) is 13.9. The zero-order valence-electron chi connectivity index (χ0n) is 26.2. The Hall–Kier alpha value is -3.48. The number of carbonyl (C=O) groups excluding carboxylic acids is 7. The molecule has 2 saturated heterocycles. The number of ether oxygens (including phenoxy) is 7. The summed E-state index contributed by atoms with van der Waals surface area (Å²) in [6.07, 6.45) is -8.17. The second kappa shape index (κ2) is 16.7. The molecule has 0 spiro atoms. The quantitative estimate of drug-likeness (QED) is 0.196. The van der Waals surface area contributed by atoms with Gasteiger partial charge in [0.25, 0.3) is 0 Å². The molecule has 0 aromatic heterocycles. The average molecular weight is 665 g/mol. The SMILES string of the molecule is CC(=O)N[C@@H]1[C@@H](OC(C)=O)[C@H](OC(C)=O)[C@@H](COC(C)=O)O[C@H]1S[C@H]1[C@H](OC(C)=O)[C@@H](N(C)C(C)=O)[C@H](O)O[C@@H]1COC(C)=O. The maximum absolute atomic E-state index is 12.4. The summed E-state index contributed by atoms with van der Waals surface area (Å²) in [5, 5.41) is 12.5. The Bertz CT molecular complexity index is 1140. The zero-order valence-corrected chi connectivity index (χ0v) is 27.0. The van der Waals surface area contributed by atoms with E-state index in [1.54, 1.807) is 0 Å². The summed E-state index contributed by atoms with van der Waals surface area (Å²) in [7, 11) is 1.36. The van der Waals surface area contributed by atoms with Gasteiger partial charge in [0.1, 0.15) is 49.0 Å². The lowest BCUT2D eigenvalue weighted by molar-refractivity contribution is -0.237. The Labute approximate surface area is 263 Å². The fourth-order valence-corrected chi connectivity index (χ4v) is 6.51. The van der Waals surface area contributed by atoms with Crippen LogP contribution < -0.4 is 5.32 Å². The van der Waals surface area contributed by atoms with Crippen LogP contribution in [0, 0.1) is 0 Å². The van der Waals surface area contributed by atoms with Gasteiger partial charge < -0.3 is 48.5 Å². The summed E-state index contributed by atoms with van der Waals surface area (Å²) < 4.78 is 38.9. The summed E-state index contributed by atoms with van der Waals surface area (Å²) in [6.45, 7) is 7.10. The number of likely N-dealkylation sites (N-methyl/N-ethyl adjacent to an activating group) is 1. The highest BCUT2D eigenvalue weighted by Crippen LogP contribution is 2.41. The van der Waals surface area contributed by atoms with Crippen LogP contribution in [0.5, 0.6) is 0 Å². The zero-order chi connectivity index (χ0) is 34.2. The molecule has 18 heteroatoms. The van der Waals surface area contributed by atoms with Crippen molar-refractivity contribution < 1.29 is 71.8 Å². The number of rotatable bonds is 11. The Morgan fingerprint density at radius 1 is 0.711 bits per heavy atom. The van der Waals surface area contributed by atoms with Crippen LogP contribution in [0.1, 0.15) is 48.5 Å². The van der Waals surface area contributed by atoms with E-state index >= 15 is 0 Å². The highest BCUT2D eigenvalue weighted by Gasteiger charge is 2.56. The maximum atomic E-state index is 12.4. The minimum atomic E-state index is -1.70. The number of carbonyl (C=O) groups is 7. The van der Waals surface area contributed by atoms with E-state index in [1.807, 2.05) is 0 Å². The lowest BCUT2D eigenvalue weighted by Crippen LogP contribution is -2.68. The molecule has 0 bridgehead atoms. The van der Waals surface area contributed by atoms with Crippen LogP contribution in [-0.2, 0) is 66.7 Å². The van der Waals surface area contributed by atoms with Gasteiger partial charge in [0, 0.05) is 55.5 Å². The molecule has 0 aromatic rings. The van der Waals surface area contributed by atoms with Crippen LogP contribution in [0.25, 0.3) is 0 Å². The Kier molecular flexibility index (Phi) is 14.0. The number of aliphatic hydroxyl groups excluding tert-OH is 1. The van der Waals surface area contributed by atoms with E-state index in [0.717, 1.165) is 51.3 Å². The van der Waals surface area contributed by atoms with Gasteiger partial charge in [-0.05, 0) is 0 Å². The molecule has 2 fully saturated rings. The van der Waals surface area contributed by atoms with Crippen molar-refractivity contribution in [3.8, 4) is 0 Å². The molecule has 2 rings (SSSR count). The number of esters is 5. The number of nitrogens with zero attached hydrogens (tertiary/aromatic N) is 1. The van der Waals surface area contributed by atoms with E-state index < -0.39 is 114 Å². The number of aliphatic hydroxyl groups is 1. The summed E-state index contributed by atoms with van der Waals surface area (Å²) in [5.41, 5.74) is -1.24. The van der Waals surface area contributed by atoms with Gasteiger partial charge in [-0.15, -0.1) is 11.8 Å². The van der Waals surface area contributed by atoms with E-state index in [2.05, 4.69) is 5.32 Å². The third-order valence-corrected chi connectivity index (χ3v) is 8.25. The van der Waals surface area contributed by atoms with E-state index in [4.69, 9.17) is 33.2 Å². The van der Waals surface area contributed by atoms with Crippen molar-refractivity contribution in [1.82, 2.24) is 10.2 Å². The number of hydrogen-bond acceptors (Lipinski definition) is 16. The van der Waals surface area contributed by atoms with Crippen LogP contribution in [-0.4, -0.2) is 132 Å². The largest absolute Gasteiger partial charge is 0.463 e. The van der Waals surface area contributed by atoms with E-state index in [9.17, 15) is 38.7 Å². The molecule has 2 aliphatic rings. The molecule has 0 saturated carbocycles. The first kappa shape index (κ1) is 37.7. The van der Waals surface area contributed by atoms with E-state index in [1.165, 1.54) is 20.9 Å². The Morgan fingerprint density at radius 2 is 1.20 bits per heavy atom. The van der Waals surface area contributed by atoms with Crippen LogP contribution in [0.15, 0.2) is 0 Å². The van der Waals surface area contributed by atoms with Crippen LogP contribution in [0.3, 0.4) is 0 Å². The molecule has 0 unspecified atom stereocenters. The van der Waals surface area contributed by atoms with Crippen molar-refractivity contribution in [2.75, 3.05) is 20.3 Å². The summed E-state index contributed by atoms with van der Waals surface area (Å²) in [6, 6.07) is -2.49. The van der Waals surface area contributed by atoms with Gasteiger partial charge in [-0.25, -0.2) is 0 Å². The van der Waals surface area contributed by atoms with Gasteiger partial charge in [0.15, 0.2) is 18.5 Å². The van der Waals surface area contributed by atoms with Crippen molar-refractivity contribution in [3.63, 3.8) is 0 Å². The van der Waals surface area contributed by atoms with Gasteiger partial charge in [-0.3, -0.25) is 33.6 Å². The number of amides is 2. The van der Waals surface area contributed by atoms with Crippen LogP contribution >= 0.6 is 11.8 Å². The molecule has 17 nitrogen and oxygen atoms in total. The van der Waals surface area contributed by atoms with Gasteiger partial charge in [0.05, 0.1) is 5.25 Å². The monoisotopic (exact) mass is 664 g/mol. The third kappa shape index (κ3) is 10.8. The molecule has 254 valence electrons. The highest BCUT2D eigenvalue weighted by molar-refractivity contribution is 8.00. The maximum Gasteiger partial charge on any atom is 0.303 e. The number of thioether (sulfide) groups is 1. The molecule has 2 amide bonds. The highest BCUT2D eigenvalue weighted by atomic mass is 32.2. The molecular formula is C27H40N2O15S. The van der Waals surface area contributed by atoms with Crippen molar-refractivity contribution >= 4 is 53.4 Å². The molecule has 0 aromatic carbocycles. The molecule has 2 aliphatic heterocycles. The minimum Gasteiger partial charge on any atom is -0.463 e.